The van der Waals surface area contributed by atoms with Crippen LogP contribution in [0.15, 0.2) is 41.7 Å². The van der Waals surface area contributed by atoms with E-state index in [2.05, 4.69) is 60.0 Å². The highest BCUT2D eigenvalue weighted by atomic mass is 15.1. The lowest BCUT2D eigenvalue weighted by Gasteiger charge is -2.28. The third-order valence-electron chi connectivity index (χ3n) is 5.99. The normalized spacial score (nSPS) is 18.5. The number of nitrogens with zero attached hydrogens (tertiary/aromatic N) is 4. The van der Waals surface area contributed by atoms with Gasteiger partial charge in [-0.25, -0.2) is 9.97 Å². The summed E-state index contributed by atoms with van der Waals surface area (Å²) in [5.41, 5.74) is 7.26. The third-order valence-corrected chi connectivity index (χ3v) is 5.99. The molecule has 0 bridgehead atoms. The Morgan fingerprint density at radius 3 is 2.74 bits per heavy atom. The maximum absolute atomic E-state index is 4.87. The van der Waals surface area contributed by atoms with Gasteiger partial charge in [0.25, 0.3) is 0 Å². The SMILES string of the molecule is Cc1cccc(C2=NC=C(c3nccc(CC4CCN(C)CC4)n3)C2)c1C. The van der Waals surface area contributed by atoms with Gasteiger partial charge in [-0.1, -0.05) is 18.2 Å². The van der Waals surface area contributed by atoms with E-state index in [0.29, 0.717) is 0 Å². The molecule has 1 aromatic heterocycles. The van der Waals surface area contributed by atoms with Crippen LogP contribution in [0.3, 0.4) is 0 Å². The molecule has 0 saturated carbocycles. The van der Waals surface area contributed by atoms with Crippen molar-refractivity contribution in [1.29, 1.82) is 0 Å². The minimum atomic E-state index is 0.739. The average molecular weight is 361 g/mol. The van der Waals surface area contributed by atoms with Gasteiger partial charge in [0.05, 0.1) is 5.71 Å². The molecule has 2 aromatic rings. The first-order chi connectivity index (χ1) is 13.1. The number of rotatable bonds is 4. The van der Waals surface area contributed by atoms with E-state index in [1.54, 1.807) is 0 Å². The molecule has 0 amide bonds. The van der Waals surface area contributed by atoms with Crippen LogP contribution in [0, 0.1) is 19.8 Å². The van der Waals surface area contributed by atoms with Crippen LogP contribution in [0.5, 0.6) is 0 Å². The van der Waals surface area contributed by atoms with Gasteiger partial charge in [-0.15, -0.1) is 0 Å². The van der Waals surface area contributed by atoms with Crippen molar-refractivity contribution >= 4 is 11.3 Å². The molecule has 4 heteroatoms. The lowest BCUT2D eigenvalue weighted by molar-refractivity contribution is 0.218. The Bertz CT molecular complexity index is 889. The Morgan fingerprint density at radius 1 is 1.11 bits per heavy atom. The quantitative estimate of drug-likeness (QED) is 0.820. The number of aromatic nitrogens is 2. The number of aryl methyl sites for hydroxylation is 1. The number of aliphatic imine (C=N–C) groups is 1. The van der Waals surface area contributed by atoms with Gasteiger partial charge in [0, 0.05) is 30.1 Å². The van der Waals surface area contributed by atoms with Gasteiger partial charge >= 0.3 is 0 Å². The second-order valence-corrected chi connectivity index (χ2v) is 7.98. The van der Waals surface area contributed by atoms with Crippen molar-refractivity contribution in [3.8, 4) is 0 Å². The maximum Gasteiger partial charge on any atom is 0.157 e. The molecule has 1 fully saturated rings. The zero-order valence-electron chi connectivity index (χ0n) is 16.6. The number of piperidine rings is 1. The topological polar surface area (TPSA) is 41.4 Å². The van der Waals surface area contributed by atoms with Gasteiger partial charge in [-0.05, 0) is 81.9 Å². The number of allylic oxidation sites excluding steroid dienone is 1. The van der Waals surface area contributed by atoms with E-state index in [1.807, 2.05) is 12.4 Å². The molecule has 2 aliphatic heterocycles. The molecule has 3 heterocycles. The number of likely N-dealkylation sites (tertiary alicyclic amines) is 1. The van der Waals surface area contributed by atoms with Crippen molar-refractivity contribution in [2.75, 3.05) is 20.1 Å². The minimum Gasteiger partial charge on any atom is -0.306 e. The predicted molar refractivity (Wildman–Crippen MR) is 111 cm³/mol. The van der Waals surface area contributed by atoms with Crippen LogP contribution in [-0.4, -0.2) is 40.7 Å². The van der Waals surface area contributed by atoms with Gasteiger partial charge in [-0.3, -0.25) is 4.99 Å². The summed E-state index contributed by atoms with van der Waals surface area (Å²) in [5, 5.41) is 0. The van der Waals surface area contributed by atoms with E-state index in [4.69, 9.17) is 4.98 Å². The van der Waals surface area contributed by atoms with Gasteiger partial charge in [0.2, 0.25) is 0 Å². The van der Waals surface area contributed by atoms with E-state index in [9.17, 15) is 0 Å². The molecule has 140 valence electrons. The fraction of sp³-hybridized carbons (Fsp3) is 0.435. The molecule has 0 unspecified atom stereocenters. The lowest BCUT2D eigenvalue weighted by Crippen LogP contribution is -2.31. The van der Waals surface area contributed by atoms with Crippen LogP contribution in [0.4, 0.5) is 0 Å². The average Bonchev–Trinajstić information content (AvgIpc) is 3.16. The van der Waals surface area contributed by atoms with E-state index in [1.165, 1.54) is 42.6 Å². The summed E-state index contributed by atoms with van der Waals surface area (Å²) < 4.78 is 0. The van der Waals surface area contributed by atoms with Crippen molar-refractivity contribution < 1.29 is 0 Å². The molecule has 1 aromatic carbocycles. The lowest BCUT2D eigenvalue weighted by atomic mass is 9.92. The van der Waals surface area contributed by atoms with Gasteiger partial charge in [0.1, 0.15) is 0 Å². The predicted octanol–water partition coefficient (Wildman–Crippen LogP) is 4.21. The highest BCUT2D eigenvalue weighted by molar-refractivity contribution is 6.09. The largest absolute Gasteiger partial charge is 0.306 e. The first-order valence-electron chi connectivity index (χ1n) is 9.93. The summed E-state index contributed by atoms with van der Waals surface area (Å²) in [4.78, 5) is 16.5. The summed E-state index contributed by atoms with van der Waals surface area (Å²) in [6.45, 7) is 6.71. The first kappa shape index (κ1) is 18.1. The molecule has 0 radical (unpaired) electrons. The fourth-order valence-electron chi connectivity index (χ4n) is 4.02. The zero-order valence-corrected chi connectivity index (χ0v) is 16.6. The molecule has 2 aliphatic rings. The maximum atomic E-state index is 4.87. The molecule has 0 aliphatic carbocycles. The van der Waals surface area contributed by atoms with Crippen LogP contribution in [0.25, 0.3) is 5.57 Å². The monoisotopic (exact) mass is 360 g/mol. The van der Waals surface area contributed by atoms with Crippen molar-refractivity contribution in [3.63, 3.8) is 0 Å². The van der Waals surface area contributed by atoms with Gasteiger partial charge < -0.3 is 4.90 Å². The zero-order chi connectivity index (χ0) is 18.8. The minimum absolute atomic E-state index is 0.739. The molecular weight excluding hydrogens is 332 g/mol. The summed E-state index contributed by atoms with van der Waals surface area (Å²) in [6.07, 6.45) is 8.25. The summed E-state index contributed by atoms with van der Waals surface area (Å²) in [5.74, 6) is 1.58. The van der Waals surface area contributed by atoms with E-state index >= 15 is 0 Å². The number of hydrogen-bond donors (Lipinski definition) is 0. The van der Waals surface area contributed by atoms with Crippen LogP contribution in [0.1, 0.15) is 47.5 Å². The second-order valence-electron chi connectivity index (χ2n) is 7.98. The van der Waals surface area contributed by atoms with Crippen molar-refractivity contribution in [3.05, 3.63) is 64.9 Å². The number of hydrogen-bond acceptors (Lipinski definition) is 4. The molecule has 27 heavy (non-hydrogen) atoms. The molecule has 0 spiro atoms. The van der Waals surface area contributed by atoms with Crippen LogP contribution in [0.2, 0.25) is 0 Å². The van der Waals surface area contributed by atoms with Crippen molar-refractivity contribution in [2.24, 2.45) is 10.9 Å². The van der Waals surface area contributed by atoms with Crippen LogP contribution < -0.4 is 0 Å². The molecule has 0 N–H and O–H groups in total. The Morgan fingerprint density at radius 2 is 1.93 bits per heavy atom. The molecule has 4 rings (SSSR count). The van der Waals surface area contributed by atoms with Crippen LogP contribution >= 0.6 is 0 Å². The molecule has 0 atom stereocenters. The number of benzene rings is 1. The third kappa shape index (κ3) is 4.01. The van der Waals surface area contributed by atoms with E-state index < -0.39 is 0 Å². The first-order valence-corrected chi connectivity index (χ1v) is 9.93. The Balaban J connectivity index is 1.45. The highest BCUT2D eigenvalue weighted by Gasteiger charge is 2.20. The van der Waals surface area contributed by atoms with Gasteiger partial charge in [0.15, 0.2) is 5.82 Å². The molecule has 4 nitrogen and oxygen atoms in total. The Kier molecular flexibility index (Phi) is 5.17. The Hall–Kier alpha value is -2.33. The second kappa shape index (κ2) is 7.73. The summed E-state index contributed by atoms with van der Waals surface area (Å²) in [7, 11) is 2.21. The summed E-state index contributed by atoms with van der Waals surface area (Å²) in [6, 6.07) is 8.49. The van der Waals surface area contributed by atoms with Gasteiger partial charge in [-0.2, -0.15) is 0 Å². The summed E-state index contributed by atoms with van der Waals surface area (Å²) >= 11 is 0. The smallest absolute Gasteiger partial charge is 0.157 e. The van der Waals surface area contributed by atoms with Crippen LogP contribution in [-0.2, 0) is 6.42 Å². The van der Waals surface area contributed by atoms with Crippen molar-refractivity contribution in [1.82, 2.24) is 14.9 Å². The highest BCUT2D eigenvalue weighted by Crippen LogP contribution is 2.27. The van der Waals surface area contributed by atoms with E-state index in [0.717, 1.165) is 41.6 Å². The van der Waals surface area contributed by atoms with Crippen molar-refractivity contribution in [2.45, 2.75) is 39.5 Å². The van der Waals surface area contributed by atoms with E-state index in [-0.39, 0.29) is 0 Å². The fourth-order valence-corrected chi connectivity index (χ4v) is 4.02. The molecule has 1 saturated heterocycles. The standard InChI is InChI=1S/C23H28N4/c1-16-5-4-6-21(17(16)2)22-14-19(15-25-22)23-24-10-7-20(26-23)13-18-8-11-27(3)12-9-18/h4-7,10,15,18H,8-9,11-14H2,1-3H3. The molecular formula is C23H28N4. The Labute approximate surface area is 162 Å².